The molecule has 0 aliphatic carbocycles. The van der Waals surface area contributed by atoms with Crippen LogP contribution < -0.4 is 0 Å². The van der Waals surface area contributed by atoms with Crippen molar-refractivity contribution in [3.63, 3.8) is 0 Å². The van der Waals surface area contributed by atoms with E-state index in [0.29, 0.717) is 12.8 Å². The first-order chi connectivity index (χ1) is 11.1. The molecule has 5 nitrogen and oxygen atoms in total. The van der Waals surface area contributed by atoms with Crippen molar-refractivity contribution in [2.75, 3.05) is 0 Å². The summed E-state index contributed by atoms with van der Waals surface area (Å²) >= 11 is 0. The summed E-state index contributed by atoms with van der Waals surface area (Å²) in [6.07, 6.45) is 4.43. The number of hydrogen-bond donors (Lipinski definition) is 1. The maximum Gasteiger partial charge on any atom is 0.410 e. The Hall–Kier alpha value is -1.62. The van der Waals surface area contributed by atoms with Crippen molar-refractivity contribution in [3.8, 4) is 0 Å². The highest BCUT2D eigenvalue weighted by molar-refractivity contribution is 5.69. The van der Waals surface area contributed by atoms with Crippen LogP contribution in [0.25, 0.3) is 0 Å². The maximum atomic E-state index is 12.5. The quantitative estimate of drug-likeness (QED) is 0.855. The molecule has 132 valence electrons. The molecule has 5 heteroatoms. The summed E-state index contributed by atoms with van der Waals surface area (Å²) in [5.41, 5.74) is 1.41. The standard InChI is InChI=1S/C19H28N2O3/c1-12-8-13(2)16(20-11-12)19(23)9-14-6-7-15(10-19)21(14)17(22)24-18(3,4)5/h8,11,14-15,23H,6-7,9-10H2,1-5H3. The number of nitrogens with zero attached hydrogens (tertiary/aromatic N) is 2. The minimum atomic E-state index is -0.956. The second kappa shape index (κ2) is 5.73. The predicted octanol–water partition coefficient (Wildman–Crippen LogP) is 3.45. The van der Waals surface area contributed by atoms with Crippen molar-refractivity contribution < 1.29 is 14.6 Å². The van der Waals surface area contributed by atoms with Gasteiger partial charge in [0, 0.05) is 31.1 Å². The molecular formula is C19H28N2O3. The van der Waals surface area contributed by atoms with Crippen LogP contribution in [0.15, 0.2) is 12.3 Å². The summed E-state index contributed by atoms with van der Waals surface area (Å²) in [4.78, 5) is 18.9. The maximum absolute atomic E-state index is 12.5. The van der Waals surface area contributed by atoms with Gasteiger partial charge in [0.1, 0.15) is 11.2 Å². The number of aliphatic hydroxyl groups is 1. The van der Waals surface area contributed by atoms with E-state index >= 15 is 0 Å². The zero-order valence-corrected chi connectivity index (χ0v) is 15.3. The number of aryl methyl sites for hydroxylation is 2. The molecule has 1 amide bonds. The Morgan fingerprint density at radius 3 is 2.38 bits per heavy atom. The van der Waals surface area contributed by atoms with Crippen LogP contribution in [0.4, 0.5) is 4.79 Å². The second-order valence-corrected chi connectivity index (χ2v) is 8.39. The van der Waals surface area contributed by atoms with E-state index in [4.69, 9.17) is 4.74 Å². The number of aromatic nitrogens is 1. The van der Waals surface area contributed by atoms with Gasteiger partial charge in [0.15, 0.2) is 0 Å². The van der Waals surface area contributed by atoms with Crippen LogP contribution in [0, 0.1) is 13.8 Å². The van der Waals surface area contributed by atoms with Crippen LogP contribution in [0.5, 0.6) is 0 Å². The Bertz CT molecular complexity index is 637. The average molecular weight is 332 g/mol. The van der Waals surface area contributed by atoms with Gasteiger partial charge >= 0.3 is 6.09 Å². The highest BCUT2D eigenvalue weighted by Crippen LogP contribution is 2.46. The van der Waals surface area contributed by atoms with E-state index in [1.54, 1.807) is 0 Å². The van der Waals surface area contributed by atoms with Crippen LogP contribution >= 0.6 is 0 Å². The number of ether oxygens (including phenoxy) is 1. The van der Waals surface area contributed by atoms with Gasteiger partial charge in [-0.2, -0.15) is 0 Å². The Balaban J connectivity index is 1.83. The Labute approximate surface area is 144 Å². The summed E-state index contributed by atoms with van der Waals surface area (Å²) in [6, 6.07) is 2.10. The lowest BCUT2D eigenvalue weighted by Crippen LogP contribution is -2.53. The molecule has 2 unspecified atom stereocenters. The van der Waals surface area contributed by atoms with E-state index in [-0.39, 0.29) is 18.2 Å². The van der Waals surface area contributed by atoms with Crippen LogP contribution in [0.3, 0.4) is 0 Å². The van der Waals surface area contributed by atoms with Crippen molar-refractivity contribution in [1.82, 2.24) is 9.88 Å². The minimum Gasteiger partial charge on any atom is -0.444 e. The molecule has 0 saturated carbocycles. The molecule has 3 rings (SSSR count). The van der Waals surface area contributed by atoms with Crippen LogP contribution in [-0.2, 0) is 10.3 Å². The van der Waals surface area contributed by atoms with Gasteiger partial charge in [-0.1, -0.05) is 6.07 Å². The van der Waals surface area contributed by atoms with Gasteiger partial charge in [0.05, 0.1) is 5.69 Å². The summed E-state index contributed by atoms with van der Waals surface area (Å²) in [5, 5.41) is 11.3. The number of carbonyl (C=O) groups is 1. The number of carbonyl (C=O) groups excluding carboxylic acids is 1. The molecule has 1 N–H and O–H groups in total. The van der Waals surface area contributed by atoms with Gasteiger partial charge in [-0.05, 0) is 58.6 Å². The fourth-order valence-electron chi connectivity index (χ4n) is 4.23. The van der Waals surface area contributed by atoms with Gasteiger partial charge in [-0.3, -0.25) is 4.98 Å². The summed E-state index contributed by atoms with van der Waals surface area (Å²) in [5.74, 6) is 0. The fourth-order valence-corrected chi connectivity index (χ4v) is 4.23. The van der Waals surface area contributed by atoms with E-state index in [0.717, 1.165) is 29.7 Å². The van der Waals surface area contributed by atoms with Gasteiger partial charge in [-0.15, -0.1) is 0 Å². The average Bonchev–Trinajstić information content (AvgIpc) is 2.70. The minimum absolute atomic E-state index is 0.0195. The highest BCUT2D eigenvalue weighted by Gasteiger charge is 2.52. The second-order valence-electron chi connectivity index (χ2n) is 8.39. The van der Waals surface area contributed by atoms with Gasteiger partial charge in [0.2, 0.25) is 0 Å². The van der Waals surface area contributed by atoms with E-state index in [1.165, 1.54) is 0 Å². The van der Waals surface area contributed by atoms with Crippen molar-refractivity contribution in [3.05, 3.63) is 29.1 Å². The van der Waals surface area contributed by atoms with E-state index in [1.807, 2.05) is 45.7 Å². The van der Waals surface area contributed by atoms with Crippen LogP contribution in [0.1, 0.15) is 63.3 Å². The Morgan fingerprint density at radius 1 is 1.29 bits per heavy atom. The molecule has 2 bridgehead atoms. The third-order valence-corrected chi connectivity index (χ3v) is 5.03. The first-order valence-electron chi connectivity index (χ1n) is 8.76. The van der Waals surface area contributed by atoms with Crippen molar-refractivity contribution in [2.45, 2.75) is 83.6 Å². The third-order valence-electron chi connectivity index (χ3n) is 5.03. The Kier molecular flexibility index (Phi) is 4.11. The zero-order chi connectivity index (χ0) is 17.7. The topological polar surface area (TPSA) is 62.7 Å². The number of fused-ring (bicyclic) bond motifs is 2. The third kappa shape index (κ3) is 3.14. The number of amides is 1. The molecule has 1 aromatic rings. The van der Waals surface area contributed by atoms with Crippen molar-refractivity contribution in [1.29, 1.82) is 0 Å². The van der Waals surface area contributed by atoms with Crippen molar-refractivity contribution in [2.24, 2.45) is 0 Å². The molecular weight excluding hydrogens is 304 g/mol. The monoisotopic (exact) mass is 332 g/mol. The Morgan fingerprint density at radius 2 is 1.88 bits per heavy atom. The molecule has 0 aromatic carbocycles. The lowest BCUT2D eigenvalue weighted by Gasteiger charge is -2.44. The molecule has 2 aliphatic heterocycles. The van der Waals surface area contributed by atoms with E-state index in [9.17, 15) is 9.90 Å². The predicted molar refractivity (Wildman–Crippen MR) is 91.7 cm³/mol. The molecule has 2 atom stereocenters. The molecule has 0 radical (unpaired) electrons. The van der Waals surface area contributed by atoms with E-state index in [2.05, 4.69) is 11.1 Å². The van der Waals surface area contributed by atoms with E-state index < -0.39 is 11.2 Å². The molecule has 0 spiro atoms. The smallest absolute Gasteiger partial charge is 0.410 e. The molecule has 1 aromatic heterocycles. The first kappa shape index (κ1) is 17.2. The number of piperidine rings is 1. The zero-order valence-electron chi connectivity index (χ0n) is 15.3. The lowest BCUT2D eigenvalue weighted by atomic mass is 9.81. The number of pyridine rings is 1. The molecule has 2 fully saturated rings. The van der Waals surface area contributed by atoms with Crippen LogP contribution in [0.2, 0.25) is 0 Å². The molecule has 3 heterocycles. The highest BCUT2D eigenvalue weighted by atomic mass is 16.6. The fraction of sp³-hybridized carbons (Fsp3) is 0.684. The SMILES string of the molecule is Cc1cnc(C2(O)CC3CCC(C2)N3C(=O)OC(C)(C)C)c(C)c1. The summed E-state index contributed by atoms with van der Waals surface area (Å²) in [7, 11) is 0. The van der Waals surface area contributed by atoms with Gasteiger partial charge in [0.25, 0.3) is 0 Å². The molecule has 2 aliphatic rings. The summed E-state index contributed by atoms with van der Waals surface area (Å²) < 4.78 is 5.56. The van der Waals surface area contributed by atoms with Crippen LogP contribution in [-0.4, -0.2) is 38.8 Å². The molecule has 2 saturated heterocycles. The molecule has 24 heavy (non-hydrogen) atoms. The normalized spacial score (nSPS) is 29.7. The lowest BCUT2D eigenvalue weighted by molar-refractivity contribution is -0.0650. The first-order valence-corrected chi connectivity index (χ1v) is 8.76. The van der Waals surface area contributed by atoms with Crippen molar-refractivity contribution >= 4 is 6.09 Å². The number of rotatable bonds is 1. The summed E-state index contributed by atoms with van der Waals surface area (Å²) in [6.45, 7) is 9.64. The largest absolute Gasteiger partial charge is 0.444 e. The number of hydrogen-bond acceptors (Lipinski definition) is 4. The van der Waals surface area contributed by atoms with Gasteiger partial charge in [-0.25, -0.2) is 4.79 Å². The van der Waals surface area contributed by atoms with Gasteiger partial charge < -0.3 is 14.7 Å².